The first-order valence-corrected chi connectivity index (χ1v) is 28.9. The lowest BCUT2D eigenvalue weighted by atomic mass is 9.78. The van der Waals surface area contributed by atoms with E-state index in [1.807, 2.05) is 24.3 Å². The Balaban J connectivity index is 0.983. The quantitative estimate of drug-likeness (QED) is 0.122. The molecule has 15 rings (SSSR count). The number of rotatable bonds is 12. The minimum atomic E-state index is 0.458. The topological polar surface area (TPSA) is 63.9 Å². The summed E-state index contributed by atoms with van der Waals surface area (Å²) in [6.07, 6.45) is 0. The lowest BCUT2D eigenvalue weighted by Crippen LogP contribution is -2.10. The second-order valence-corrected chi connectivity index (χ2v) is 21.4. The fourth-order valence-electron chi connectivity index (χ4n) is 12.8. The summed E-state index contributed by atoms with van der Waals surface area (Å²) in [5.41, 5.74) is 19.1. The molecule has 0 amide bonds. The number of nitriles is 2. The third-order valence-electron chi connectivity index (χ3n) is 16.6. The van der Waals surface area contributed by atoms with Gasteiger partial charge in [0.25, 0.3) is 0 Å². The van der Waals surface area contributed by atoms with Crippen LogP contribution in [-0.4, -0.2) is 9.13 Å². The van der Waals surface area contributed by atoms with Gasteiger partial charge < -0.3 is 18.9 Å². The van der Waals surface area contributed by atoms with E-state index in [0.29, 0.717) is 33.4 Å². The predicted molar refractivity (Wildman–Crippen MR) is 356 cm³/mol. The molecule has 86 heavy (non-hydrogen) atoms. The van der Waals surface area contributed by atoms with Crippen molar-refractivity contribution in [2.45, 2.75) is 0 Å². The summed E-state index contributed by atoms with van der Waals surface area (Å²) in [4.78, 5) is 4.47. The average Bonchev–Trinajstić information content (AvgIpc) is 1.25. The van der Waals surface area contributed by atoms with Crippen LogP contribution in [-0.2, 0) is 0 Å². The molecule has 0 saturated heterocycles. The second kappa shape index (κ2) is 21.7. The summed E-state index contributed by atoms with van der Waals surface area (Å²) in [7, 11) is 0. The smallest absolute Gasteiger partial charge is 0.100 e. The molecule has 0 atom stereocenters. The molecule has 0 bridgehead atoms. The molecule has 0 N–H and O–H groups in total. The molecule has 0 aliphatic rings. The number of nitrogens with zero attached hydrogens (tertiary/aromatic N) is 6. The molecule has 402 valence electrons. The summed E-state index contributed by atoms with van der Waals surface area (Å²) in [6, 6.07) is 115. The van der Waals surface area contributed by atoms with Crippen molar-refractivity contribution in [1.29, 1.82) is 10.5 Å². The van der Waals surface area contributed by atoms with Crippen LogP contribution in [0, 0.1) is 22.7 Å². The zero-order valence-corrected chi connectivity index (χ0v) is 46.7. The lowest BCUT2D eigenvalue weighted by Gasteiger charge is -2.27. The van der Waals surface area contributed by atoms with Crippen molar-refractivity contribution in [2.24, 2.45) is 0 Å². The number of fused-ring (bicyclic) bond motifs is 6. The van der Waals surface area contributed by atoms with E-state index in [1.165, 1.54) is 21.5 Å². The van der Waals surface area contributed by atoms with Gasteiger partial charge in [0, 0.05) is 89.3 Å². The van der Waals surface area contributed by atoms with Crippen LogP contribution in [0.25, 0.3) is 99.5 Å². The van der Waals surface area contributed by atoms with Gasteiger partial charge in [0.05, 0.1) is 33.2 Å². The number of aromatic nitrogens is 2. The van der Waals surface area contributed by atoms with Gasteiger partial charge in [-0.2, -0.15) is 10.5 Å². The summed E-state index contributed by atoms with van der Waals surface area (Å²) < 4.78 is 4.61. The Morgan fingerprint density at radius 1 is 0.221 bits per heavy atom. The zero-order valence-electron chi connectivity index (χ0n) is 46.7. The van der Waals surface area contributed by atoms with Gasteiger partial charge in [0.15, 0.2) is 0 Å². The van der Waals surface area contributed by atoms with Gasteiger partial charge in [-0.1, -0.05) is 194 Å². The van der Waals surface area contributed by atoms with Crippen LogP contribution in [0.4, 0.5) is 34.1 Å². The molecule has 0 spiro atoms. The van der Waals surface area contributed by atoms with E-state index in [1.54, 1.807) is 0 Å². The van der Waals surface area contributed by atoms with Crippen LogP contribution in [0.1, 0.15) is 11.1 Å². The van der Waals surface area contributed by atoms with Crippen molar-refractivity contribution in [3.63, 3.8) is 0 Å². The van der Waals surface area contributed by atoms with E-state index in [4.69, 9.17) is 0 Å². The molecular weight excluding hydrogens is 1040 g/mol. The number of anilines is 6. The van der Waals surface area contributed by atoms with E-state index in [2.05, 4.69) is 322 Å². The molecule has 6 nitrogen and oxygen atoms in total. The fourth-order valence-corrected chi connectivity index (χ4v) is 12.8. The van der Waals surface area contributed by atoms with Gasteiger partial charge in [-0.3, -0.25) is 0 Å². The van der Waals surface area contributed by atoms with Gasteiger partial charge in [0.1, 0.15) is 12.1 Å². The highest BCUT2D eigenvalue weighted by Crippen LogP contribution is 2.50. The van der Waals surface area contributed by atoms with Crippen LogP contribution < -0.4 is 9.80 Å². The maximum atomic E-state index is 12.2. The van der Waals surface area contributed by atoms with Crippen LogP contribution in [0.5, 0.6) is 0 Å². The third-order valence-corrected chi connectivity index (χ3v) is 16.6. The highest BCUT2D eigenvalue weighted by Gasteiger charge is 2.29. The number of benzene rings is 13. The maximum absolute atomic E-state index is 12.2. The van der Waals surface area contributed by atoms with Crippen LogP contribution in [0.15, 0.2) is 315 Å². The molecule has 15 aromatic rings. The first-order chi connectivity index (χ1) is 42.6. The van der Waals surface area contributed by atoms with Crippen molar-refractivity contribution in [3.8, 4) is 68.0 Å². The normalized spacial score (nSPS) is 11.2. The Morgan fingerprint density at radius 2 is 0.430 bits per heavy atom. The Morgan fingerprint density at radius 3 is 0.674 bits per heavy atom. The van der Waals surface area contributed by atoms with E-state index in [0.717, 1.165) is 89.8 Å². The molecule has 0 unspecified atom stereocenters. The van der Waals surface area contributed by atoms with Crippen molar-refractivity contribution in [3.05, 3.63) is 327 Å². The van der Waals surface area contributed by atoms with Crippen LogP contribution >= 0.6 is 0 Å². The van der Waals surface area contributed by atoms with Gasteiger partial charge in [-0.05, 0) is 144 Å². The first kappa shape index (κ1) is 51.0. The summed E-state index contributed by atoms with van der Waals surface area (Å²) >= 11 is 0. The standard InChI is InChI=1S/C80H52N6/c81-53-71-77(55-37-45-63(46-38-55)83(59-21-5-1-6-22-59)60-23-7-2-8-24-60)79(57-41-49-65(50-42-57)85-73-33-17-13-29-67(73)68-30-14-18-34-74(68)85)72(54-82)78(56-39-47-64(48-40-56)84(61-25-9-3-10-26-61)62-27-11-4-12-28-62)80(71)58-43-51-66(52-44-58)86-75-35-19-15-31-69(75)70-32-16-20-36-76(70)86/h1-52H. The van der Waals surface area contributed by atoms with Gasteiger partial charge in [-0.15, -0.1) is 0 Å². The van der Waals surface area contributed by atoms with Crippen molar-refractivity contribution >= 4 is 77.7 Å². The molecule has 13 aromatic carbocycles. The molecule has 0 radical (unpaired) electrons. The Bertz CT molecular complexity index is 4570. The Labute approximate surface area is 499 Å². The van der Waals surface area contributed by atoms with Crippen molar-refractivity contribution < 1.29 is 0 Å². The molecule has 2 heterocycles. The number of hydrogen-bond donors (Lipinski definition) is 0. The van der Waals surface area contributed by atoms with E-state index < -0.39 is 0 Å². The lowest BCUT2D eigenvalue weighted by molar-refractivity contribution is 1.18. The molecule has 6 heteroatoms. The van der Waals surface area contributed by atoms with Crippen LogP contribution in [0.2, 0.25) is 0 Å². The van der Waals surface area contributed by atoms with Crippen molar-refractivity contribution in [1.82, 2.24) is 9.13 Å². The fraction of sp³-hybridized carbons (Fsp3) is 0. The predicted octanol–water partition coefficient (Wildman–Crippen LogP) is 21.2. The minimum Gasteiger partial charge on any atom is -0.311 e. The largest absolute Gasteiger partial charge is 0.311 e. The first-order valence-electron chi connectivity index (χ1n) is 28.9. The summed E-state index contributed by atoms with van der Waals surface area (Å²) in [5.74, 6) is 0. The third kappa shape index (κ3) is 8.73. The molecule has 0 fully saturated rings. The Hall–Kier alpha value is -12.0. The molecule has 0 aliphatic carbocycles. The molecule has 0 aliphatic heterocycles. The summed E-state index contributed by atoms with van der Waals surface area (Å²) in [5, 5.41) is 29.1. The van der Waals surface area contributed by atoms with E-state index in [-0.39, 0.29) is 0 Å². The monoisotopic (exact) mass is 1100 g/mol. The van der Waals surface area contributed by atoms with Gasteiger partial charge in [0.2, 0.25) is 0 Å². The molecular formula is C80H52N6. The molecule has 2 aromatic heterocycles. The highest BCUT2D eigenvalue weighted by molar-refractivity contribution is 6.11. The van der Waals surface area contributed by atoms with Crippen LogP contribution in [0.3, 0.4) is 0 Å². The van der Waals surface area contributed by atoms with Gasteiger partial charge >= 0.3 is 0 Å². The molecule has 0 saturated carbocycles. The van der Waals surface area contributed by atoms with Crippen molar-refractivity contribution in [2.75, 3.05) is 9.80 Å². The van der Waals surface area contributed by atoms with E-state index >= 15 is 0 Å². The van der Waals surface area contributed by atoms with Gasteiger partial charge in [-0.25, -0.2) is 0 Å². The highest BCUT2D eigenvalue weighted by atomic mass is 15.1. The number of para-hydroxylation sites is 8. The Kier molecular flexibility index (Phi) is 12.9. The van der Waals surface area contributed by atoms with E-state index in [9.17, 15) is 10.5 Å². The zero-order chi connectivity index (χ0) is 57.5. The SMILES string of the molecule is N#Cc1c(-c2ccc(N(c3ccccc3)c3ccccc3)cc2)c(-c2ccc(-n3c4ccccc4c4ccccc43)cc2)c(C#N)c(-c2ccc(N(c3ccccc3)c3ccccc3)cc2)c1-c1ccc(-n2c3ccccc3c3ccccc32)cc1. The number of hydrogen-bond acceptors (Lipinski definition) is 4. The average molecular weight is 1100 g/mol. The second-order valence-electron chi connectivity index (χ2n) is 21.4. The maximum Gasteiger partial charge on any atom is 0.100 e. The minimum absolute atomic E-state index is 0.458. The summed E-state index contributed by atoms with van der Waals surface area (Å²) in [6.45, 7) is 0.